The Bertz CT molecular complexity index is 1510. The maximum atomic E-state index is 13.5. The minimum absolute atomic E-state index is 0. The van der Waals surface area contributed by atoms with Crippen molar-refractivity contribution < 1.29 is 75.4 Å². The van der Waals surface area contributed by atoms with Crippen molar-refractivity contribution in [1.82, 2.24) is 19.9 Å². The van der Waals surface area contributed by atoms with Crippen LogP contribution < -0.4 is 70.3 Å². The van der Waals surface area contributed by atoms with Gasteiger partial charge in [0, 0.05) is 12.4 Å². The molecule has 0 fully saturated rings. The van der Waals surface area contributed by atoms with Crippen molar-refractivity contribution in [2.45, 2.75) is 13.3 Å². The fourth-order valence-electron chi connectivity index (χ4n) is 3.35. The van der Waals surface area contributed by atoms with Crippen LogP contribution in [0.15, 0.2) is 78.0 Å². The normalized spacial score (nSPS) is 11.3. The van der Waals surface area contributed by atoms with Crippen LogP contribution in [0.5, 0.6) is 23.1 Å². The van der Waals surface area contributed by atoms with Gasteiger partial charge < -0.3 is 15.6 Å². The summed E-state index contributed by atoms with van der Waals surface area (Å²) < 4.78 is 46.5. The van der Waals surface area contributed by atoms with E-state index in [1.165, 1.54) is 26.6 Å². The third kappa shape index (κ3) is 7.15. The predicted molar refractivity (Wildman–Crippen MR) is 141 cm³/mol. The molecule has 0 atom stereocenters. The van der Waals surface area contributed by atoms with Crippen molar-refractivity contribution in [2.24, 2.45) is 0 Å². The van der Waals surface area contributed by atoms with Gasteiger partial charge in [0.25, 0.3) is 15.9 Å². The molecule has 0 aliphatic carbocycles. The second kappa shape index (κ2) is 13.8. The standard InChI is InChI=1S/C26H25N5O5S.K.H/c1-4-19(17-18-11-6-5-7-12-18)37(32,33)31-23-22(36-21-14-9-8-13-20(21)34-2)26(35-3)30-25(29-23)24-27-15-10-16-28-24;;/h5-17H,4H2,1-3H3,(H,29,30,31);;/q;+1;-1. The van der Waals surface area contributed by atoms with E-state index < -0.39 is 10.0 Å². The van der Waals surface area contributed by atoms with Gasteiger partial charge in [0.1, 0.15) is 0 Å². The molecule has 192 valence electrons. The molecule has 0 saturated heterocycles. The number of nitrogens with one attached hydrogen (secondary N) is 1. The first-order valence-corrected chi connectivity index (χ1v) is 12.8. The molecule has 0 radical (unpaired) electrons. The monoisotopic (exact) mass is 559 g/mol. The largest absolute Gasteiger partial charge is 1.00 e. The van der Waals surface area contributed by atoms with Crippen molar-refractivity contribution >= 4 is 21.9 Å². The zero-order valence-corrected chi connectivity index (χ0v) is 25.4. The van der Waals surface area contributed by atoms with Crippen LogP contribution >= 0.6 is 0 Å². The summed E-state index contributed by atoms with van der Waals surface area (Å²) in [5.74, 6) is 0.746. The quantitative estimate of drug-likeness (QED) is 0.291. The first-order valence-electron chi connectivity index (χ1n) is 11.3. The van der Waals surface area contributed by atoms with Gasteiger partial charge in [-0.25, -0.2) is 23.4 Å². The summed E-state index contributed by atoms with van der Waals surface area (Å²) in [6.45, 7) is 1.75. The van der Waals surface area contributed by atoms with Gasteiger partial charge in [-0.2, -0.15) is 4.98 Å². The number of hydrogen-bond acceptors (Lipinski definition) is 9. The van der Waals surface area contributed by atoms with Crippen LogP contribution in [0.4, 0.5) is 5.82 Å². The van der Waals surface area contributed by atoms with E-state index >= 15 is 0 Å². The maximum Gasteiger partial charge on any atom is 1.00 e. The van der Waals surface area contributed by atoms with E-state index in [1.807, 2.05) is 30.3 Å². The number of para-hydroxylation sites is 2. The number of nitrogens with zero attached hydrogens (tertiary/aromatic N) is 4. The first kappa shape index (κ1) is 29.7. The average molecular weight is 560 g/mol. The Morgan fingerprint density at radius 3 is 2.18 bits per heavy atom. The van der Waals surface area contributed by atoms with Crippen LogP contribution in [0.1, 0.15) is 20.3 Å². The SMILES string of the molecule is CCC(=Cc1ccccc1)S(=O)(=O)Nc1nc(-c2ncccn2)nc(OC)c1Oc1ccccc1OC.[H-].[K+]. The fourth-order valence-corrected chi connectivity index (χ4v) is 4.55. The number of sulfonamides is 1. The van der Waals surface area contributed by atoms with Crippen LogP contribution in [0.3, 0.4) is 0 Å². The molecule has 10 nitrogen and oxygen atoms in total. The van der Waals surface area contributed by atoms with Crippen molar-refractivity contribution in [3.63, 3.8) is 0 Å². The Morgan fingerprint density at radius 1 is 0.895 bits per heavy atom. The van der Waals surface area contributed by atoms with Crippen LogP contribution in [0.25, 0.3) is 17.7 Å². The summed E-state index contributed by atoms with van der Waals surface area (Å²) in [5, 5.41) is 0. The second-order valence-electron chi connectivity index (χ2n) is 7.54. The van der Waals surface area contributed by atoms with Crippen LogP contribution in [0, 0.1) is 0 Å². The van der Waals surface area contributed by atoms with Gasteiger partial charge in [0.05, 0.1) is 19.1 Å². The molecule has 0 aliphatic heterocycles. The van der Waals surface area contributed by atoms with E-state index in [9.17, 15) is 8.42 Å². The van der Waals surface area contributed by atoms with Gasteiger partial charge in [0.2, 0.25) is 11.6 Å². The number of hydrogen-bond donors (Lipinski definition) is 1. The van der Waals surface area contributed by atoms with E-state index in [-0.39, 0.29) is 93.2 Å². The summed E-state index contributed by atoms with van der Waals surface area (Å²) in [6.07, 6.45) is 4.89. The smallest absolute Gasteiger partial charge is 1.00 e. The number of benzene rings is 2. The Labute approximate surface area is 265 Å². The molecule has 1 N–H and O–H groups in total. The van der Waals surface area contributed by atoms with Gasteiger partial charge in [-0.3, -0.25) is 4.72 Å². The van der Waals surface area contributed by atoms with Gasteiger partial charge in [-0.15, -0.1) is 0 Å². The summed E-state index contributed by atoms with van der Waals surface area (Å²) >= 11 is 0. The Hall–Kier alpha value is -2.87. The van der Waals surface area contributed by atoms with E-state index in [1.54, 1.807) is 43.3 Å². The van der Waals surface area contributed by atoms with Gasteiger partial charge in [0.15, 0.2) is 23.1 Å². The number of allylic oxidation sites excluding steroid dienone is 1. The molecular formula is C26H26KN5O5S. The fraction of sp³-hybridized carbons (Fsp3) is 0.154. The Morgan fingerprint density at radius 2 is 1.55 bits per heavy atom. The molecule has 0 unspecified atom stereocenters. The molecule has 0 bridgehead atoms. The molecule has 2 heterocycles. The third-order valence-electron chi connectivity index (χ3n) is 5.13. The number of rotatable bonds is 10. The molecule has 2 aromatic heterocycles. The molecule has 4 aromatic rings. The van der Waals surface area contributed by atoms with Crippen molar-refractivity contribution in [3.05, 3.63) is 83.5 Å². The molecule has 12 heteroatoms. The van der Waals surface area contributed by atoms with Crippen molar-refractivity contribution in [2.75, 3.05) is 18.9 Å². The minimum Gasteiger partial charge on any atom is -1.00 e. The predicted octanol–water partition coefficient (Wildman–Crippen LogP) is 2.05. The van der Waals surface area contributed by atoms with Gasteiger partial charge >= 0.3 is 51.4 Å². The van der Waals surface area contributed by atoms with E-state index in [0.717, 1.165) is 5.56 Å². The molecule has 0 saturated carbocycles. The van der Waals surface area contributed by atoms with Gasteiger partial charge in [-0.05, 0) is 36.3 Å². The number of aromatic nitrogens is 4. The average Bonchev–Trinajstić information content (AvgIpc) is 2.93. The van der Waals surface area contributed by atoms with Crippen molar-refractivity contribution in [3.8, 4) is 34.8 Å². The molecule has 2 aromatic carbocycles. The topological polar surface area (TPSA) is 125 Å². The second-order valence-corrected chi connectivity index (χ2v) is 9.28. The third-order valence-corrected chi connectivity index (χ3v) is 6.69. The zero-order chi connectivity index (χ0) is 26.3. The summed E-state index contributed by atoms with van der Waals surface area (Å²) in [6, 6.07) is 17.7. The van der Waals surface area contributed by atoms with Crippen LogP contribution in [-0.2, 0) is 10.0 Å². The molecule has 4 rings (SSSR count). The zero-order valence-electron chi connectivity index (χ0n) is 22.5. The Balaban J connectivity index is 0.00000267. The molecular weight excluding hydrogens is 533 g/mol. The van der Waals surface area contributed by atoms with Crippen LogP contribution in [0.2, 0.25) is 0 Å². The summed E-state index contributed by atoms with van der Waals surface area (Å²) in [4.78, 5) is 17.3. The summed E-state index contributed by atoms with van der Waals surface area (Å²) in [5.41, 5.74) is 0.744. The molecule has 0 amide bonds. The van der Waals surface area contributed by atoms with E-state index in [0.29, 0.717) is 11.5 Å². The maximum absolute atomic E-state index is 13.5. The summed E-state index contributed by atoms with van der Waals surface area (Å²) in [7, 11) is -1.18. The molecule has 0 aliphatic rings. The number of ether oxygens (including phenoxy) is 3. The van der Waals surface area contributed by atoms with Gasteiger partial charge in [-0.1, -0.05) is 49.4 Å². The van der Waals surface area contributed by atoms with E-state index in [4.69, 9.17) is 14.2 Å². The van der Waals surface area contributed by atoms with E-state index in [2.05, 4.69) is 24.7 Å². The minimum atomic E-state index is -4.06. The Kier molecular flexibility index (Phi) is 10.8. The number of anilines is 1. The van der Waals surface area contributed by atoms with Crippen molar-refractivity contribution in [1.29, 1.82) is 0 Å². The number of methoxy groups -OCH3 is 2. The first-order chi connectivity index (χ1) is 17.9. The molecule has 38 heavy (non-hydrogen) atoms. The van der Waals surface area contributed by atoms with Crippen LogP contribution in [-0.4, -0.2) is 42.6 Å². The molecule has 0 spiro atoms.